The van der Waals surface area contributed by atoms with Crippen LogP contribution in [0.25, 0.3) is 21.6 Å². The molecule has 0 saturated heterocycles. The maximum atomic E-state index is 12.5. The van der Waals surface area contributed by atoms with E-state index >= 15 is 0 Å². The molecule has 0 saturated carbocycles. The van der Waals surface area contributed by atoms with Gasteiger partial charge in [-0.05, 0) is 31.3 Å². The third-order valence-corrected chi connectivity index (χ3v) is 5.17. The molecule has 6 nitrogen and oxygen atoms in total. The van der Waals surface area contributed by atoms with Crippen molar-refractivity contribution >= 4 is 44.8 Å². The Hall–Kier alpha value is -2.84. The van der Waals surface area contributed by atoms with Crippen LogP contribution in [0.2, 0.25) is 0 Å². The third-order valence-electron chi connectivity index (χ3n) is 3.91. The Morgan fingerprint density at radius 3 is 2.77 bits per heavy atom. The Bertz CT molecular complexity index is 1110. The summed E-state index contributed by atoms with van der Waals surface area (Å²) in [6, 6.07) is 15.7. The molecule has 2 heterocycles. The number of H-pyrrole nitrogens is 1. The van der Waals surface area contributed by atoms with Gasteiger partial charge in [0, 0.05) is 5.56 Å². The maximum absolute atomic E-state index is 12.5. The van der Waals surface area contributed by atoms with Crippen LogP contribution in [0.3, 0.4) is 0 Å². The molecule has 0 aliphatic carbocycles. The summed E-state index contributed by atoms with van der Waals surface area (Å²) < 4.78 is 3.12. The maximum Gasteiger partial charge on any atom is 0.246 e. The van der Waals surface area contributed by atoms with Crippen molar-refractivity contribution in [3.05, 3.63) is 58.9 Å². The van der Waals surface area contributed by atoms with Crippen LogP contribution in [0.5, 0.6) is 0 Å². The SMILES string of the molecule is Cc1ccc(-c2n[nH]c(=S)n2CC(=O)Nc2nc3ccccc3s2)cc1. The number of rotatable bonds is 4. The van der Waals surface area contributed by atoms with Crippen molar-refractivity contribution < 1.29 is 4.79 Å². The highest BCUT2D eigenvalue weighted by atomic mass is 32.1. The standard InChI is InChI=1S/C18H15N5OS2/c1-11-6-8-12(9-7-11)16-21-22-18(25)23(16)10-15(24)20-17-19-13-4-2-3-5-14(13)26-17/h2-9H,10H2,1H3,(H,22,25)(H,19,20,24). The average Bonchev–Trinajstić information content (AvgIpc) is 3.19. The molecule has 4 aromatic rings. The Kier molecular flexibility index (Phi) is 4.36. The van der Waals surface area contributed by atoms with Crippen molar-refractivity contribution in [2.75, 3.05) is 5.32 Å². The summed E-state index contributed by atoms with van der Waals surface area (Å²) in [6.07, 6.45) is 0. The Morgan fingerprint density at radius 2 is 2.00 bits per heavy atom. The lowest BCUT2D eigenvalue weighted by molar-refractivity contribution is -0.116. The Morgan fingerprint density at radius 1 is 1.23 bits per heavy atom. The zero-order chi connectivity index (χ0) is 18.1. The van der Waals surface area contributed by atoms with Crippen LogP contribution in [0, 0.1) is 11.7 Å². The molecular formula is C18H15N5OS2. The molecule has 130 valence electrons. The number of benzene rings is 2. The number of aryl methyl sites for hydroxylation is 1. The number of fused-ring (bicyclic) bond motifs is 1. The molecule has 0 aliphatic heterocycles. The first-order valence-corrected chi connectivity index (χ1v) is 9.20. The number of carbonyl (C=O) groups excluding carboxylic acids is 1. The predicted molar refractivity (Wildman–Crippen MR) is 106 cm³/mol. The highest BCUT2D eigenvalue weighted by Gasteiger charge is 2.14. The van der Waals surface area contributed by atoms with Crippen LogP contribution in [0.4, 0.5) is 5.13 Å². The molecule has 2 aromatic carbocycles. The van der Waals surface area contributed by atoms with Gasteiger partial charge >= 0.3 is 0 Å². The summed E-state index contributed by atoms with van der Waals surface area (Å²) >= 11 is 6.73. The number of thiazole rings is 1. The average molecular weight is 381 g/mol. The van der Waals surface area contributed by atoms with E-state index in [0.29, 0.717) is 15.7 Å². The first-order chi connectivity index (χ1) is 12.6. The third kappa shape index (κ3) is 3.29. The zero-order valence-electron chi connectivity index (χ0n) is 13.9. The van der Waals surface area contributed by atoms with Crippen LogP contribution in [0.15, 0.2) is 48.5 Å². The molecule has 2 N–H and O–H groups in total. The molecule has 2 aromatic heterocycles. The van der Waals surface area contributed by atoms with E-state index in [2.05, 4.69) is 20.5 Å². The largest absolute Gasteiger partial charge is 0.300 e. The zero-order valence-corrected chi connectivity index (χ0v) is 15.5. The van der Waals surface area contributed by atoms with Crippen LogP contribution >= 0.6 is 23.6 Å². The number of amides is 1. The fraction of sp³-hybridized carbons (Fsp3) is 0.111. The van der Waals surface area contributed by atoms with Gasteiger partial charge < -0.3 is 5.32 Å². The molecule has 26 heavy (non-hydrogen) atoms. The van der Waals surface area contributed by atoms with Gasteiger partial charge in [-0.2, -0.15) is 5.10 Å². The summed E-state index contributed by atoms with van der Waals surface area (Å²) in [4.78, 5) is 16.9. The van der Waals surface area contributed by atoms with E-state index < -0.39 is 0 Å². The van der Waals surface area contributed by atoms with E-state index in [1.807, 2.05) is 55.5 Å². The van der Waals surface area contributed by atoms with E-state index in [9.17, 15) is 4.79 Å². The summed E-state index contributed by atoms with van der Waals surface area (Å²) in [5.41, 5.74) is 2.92. The minimum atomic E-state index is -0.199. The molecule has 0 aliphatic rings. The van der Waals surface area contributed by atoms with Gasteiger partial charge in [0.2, 0.25) is 5.91 Å². The van der Waals surface area contributed by atoms with Crippen molar-refractivity contribution in [2.24, 2.45) is 0 Å². The lowest BCUT2D eigenvalue weighted by atomic mass is 10.1. The fourth-order valence-electron chi connectivity index (χ4n) is 2.62. The minimum Gasteiger partial charge on any atom is -0.300 e. The number of aromatic nitrogens is 4. The molecular weight excluding hydrogens is 366 g/mol. The summed E-state index contributed by atoms with van der Waals surface area (Å²) in [5, 5.41) is 10.4. The van der Waals surface area contributed by atoms with Gasteiger partial charge in [-0.1, -0.05) is 53.3 Å². The first kappa shape index (κ1) is 16.6. The molecule has 0 unspecified atom stereocenters. The van der Waals surface area contributed by atoms with Gasteiger partial charge in [0.25, 0.3) is 0 Å². The Labute approximate surface area is 158 Å². The molecule has 0 bridgehead atoms. The van der Waals surface area contributed by atoms with Crippen molar-refractivity contribution in [3.8, 4) is 11.4 Å². The Balaban J connectivity index is 1.57. The highest BCUT2D eigenvalue weighted by Crippen LogP contribution is 2.25. The van der Waals surface area contributed by atoms with Crippen molar-refractivity contribution in [1.82, 2.24) is 19.7 Å². The van der Waals surface area contributed by atoms with Gasteiger partial charge in [-0.25, -0.2) is 4.98 Å². The van der Waals surface area contributed by atoms with Gasteiger partial charge in [0.05, 0.1) is 10.2 Å². The van der Waals surface area contributed by atoms with E-state index in [4.69, 9.17) is 12.2 Å². The topological polar surface area (TPSA) is 75.6 Å². The smallest absolute Gasteiger partial charge is 0.246 e. The summed E-state index contributed by atoms with van der Waals surface area (Å²) in [6.45, 7) is 2.08. The second kappa shape index (κ2) is 6.81. The molecule has 0 atom stereocenters. The van der Waals surface area contributed by atoms with Crippen molar-refractivity contribution in [3.63, 3.8) is 0 Å². The molecule has 4 rings (SSSR count). The number of hydrogen-bond donors (Lipinski definition) is 2. The number of nitrogens with zero attached hydrogens (tertiary/aromatic N) is 3. The number of hydrogen-bond acceptors (Lipinski definition) is 5. The minimum absolute atomic E-state index is 0.0640. The number of aromatic amines is 1. The van der Waals surface area contributed by atoms with Crippen molar-refractivity contribution in [2.45, 2.75) is 13.5 Å². The van der Waals surface area contributed by atoms with E-state index in [1.54, 1.807) is 4.57 Å². The number of anilines is 1. The number of nitrogens with one attached hydrogen (secondary N) is 2. The first-order valence-electron chi connectivity index (χ1n) is 7.98. The summed E-state index contributed by atoms with van der Waals surface area (Å²) in [7, 11) is 0. The number of para-hydroxylation sites is 1. The van der Waals surface area contributed by atoms with E-state index in [-0.39, 0.29) is 12.5 Å². The molecule has 0 fully saturated rings. The monoisotopic (exact) mass is 381 g/mol. The van der Waals surface area contributed by atoms with Crippen molar-refractivity contribution in [1.29, 1.82) is 0 Å². The normalized spacial score (nSPS) is 11.0. The number of carbonyl (C=O) groups is 1. The van der Waals surface area contributed by atoms with Gasteiger partial charge in [0.1, 0.15) is 6.54 Å². The molecule has 8 heteroatoms. The second-order valence-electron chi connectivity index (χ2n) is 5.84. The molecule has 0 radical (unpaired) electrons. The van der Waals surface area contributed by atoms with Crippen LogP contribution < -0.4 is 5.32 Å². The quantitative estimate of drug-likeness (QED) is 0.520. The lowest BCUT2D eigenvalue weighted by Gasteiger charge is -2.07. The second-order valence-corrected chi connectivity index (χ2v) is 7.26. The van der Waals surface area contributed by atoms with Gasteiger partial charge in [0.15, 0.2) is 15.7 Å². The highest BCUT2D eigenvalue weighted by molar-refractivity contribution is 7.71. The van der Waals surface area contributed by atoms with E-state index in [0.717, 1.165) is 21.3 Å². The molecule has 1 amide bonds. The lowest BCUT2D eigenvalue weighted by Crippen LogP contribution is -2.19. The van der Waals surface area contributed by atoms with Gasteiger partial charge in [-0.3, -0.25) is 14.5 Å². The van der Waals surface area contributed by atoms with Gasteiger partial charge in [-0.15, -0.1) is 0 Å². The molecule has 0 spiro atoms. The fourth-order valence-corrected chi connectivity index (χ4v) is 3.69. The van der Waals surface area contributed by atoms with Crippen LogP contribution in [-0.4, -0.2) is 25.7 Å². The van der Waals surface area contributed by atoms with E-state index in [1.165, 1.54) is 11.3 Å². The van der Waals surface area contributed by atoms with Crippen LogP contribution in [0.1, 0.15) is 5.56 Å². The summed E-state index contributed by atoms with van der Waals surface area (Å²) in [5.74, 6) is 0.435. The predicted octanol–water partition coefficient (Wildman–Crippen LogP) is 4.16. The van der Waals surface area contributed by atoms with Crippen LogP contribution in [-0.2, 0) is 11.3 Å².